The van der Waals surface area contributed by atoms with Gasteiger partial charge in [0.2, 0.25) is 5.91 Å². The lowest BCUT2D eigenvalue weighted by Gasteiger charge is -2.43. The second-order valence-electron chi connectivity index (χ2n) is 12.3. The number of rotatable bonds is 8. The molecule has 1 amide bonds. The van der Waals surface area contributed by atoms with Crippen LogP contribution >= 0.6 is 11.6 Å². The maximum Gasteiger partial charge on any atom is 0.410 e. The standard InChI is InChI=1S/C32H36ClF3N6O2/c1-4-27(43)42-16-15-41(18-26(42)32(34,35)36)29-22-11-14-40(25-10-6-8-21-7-5-9-23(33)28(21)25)17-24(22)37-30(38-29)44-20-31(12-13-31)19-39(2)3/h4-10,26H,1,11-20H2,2-3H3. The zero-order valence-corrected chi connectivity index (χ0v) is 25.7. The van der Waals surface area contributed by atoms with Gasteiger partial charge in [0.15, 0.2) is 0 Å². The Balaban J connectivity index is 1.35. The number of ether oxygens (including phenoxy) is 1. The molecule has 1 saturated heterocycles. The third-order valence-electron chi connectivity index (χ3n) is 8.83. The van der Waals surface area contributed by atoms with E-state index in [9.17, 15) is 18.0 Å². The van der Waals surface area contributed by atoms with Gasteiger partial charge in [-0.3, -0.25) is 4.79 Å². The van der Waals surface area contributed by atoms with Crippen molar-refractivity contribution in [2.24, 2.45) is 5.41 Å². The fraction of sp³-hybridized carbons (Fsp3) is 0.469. The van der Waals surface area contributed by atoms with Crippen molar-refractivity contribution in [1.29, 1.82) is 0 Å². The highest BCUT2D eigenvalue weighted by molar-refractivity contribution is 6.36. The monoisotopic (exact) mass is 628 g/mol. The first kappa shape index (κ1) is 30.5. The fourth-order valence-corrected chi connectivity index (χ4v) is 6.79. The number of fused-ring (bicyclic) bond motifs is 2. The number of carbonyl (C=O) groups excluding carboxylic acids is 1. The largest absolute Gasteiger partial charge is 0.463 e. The van der Waals surface area contributed by atoms with E-state index < -0.39 is 24.7 Å². The first-order valence-electron chi connectivity index (χ1n) is 14.8. The van der Waals surface area contributed by atoms with E-state index in [1.165, 1.54) is 0 Å². The Morgan fingerprint density at radius 3 is 2.57 bits per heavy atom. The molecule has 6 rings (SSSR count). The number of anilines is 2. The van der Waals surface area contributed by atoms with Crippen LogP contribution in [0, 0.1) is 5.41 Å². The Labute approximate surface area is 260 Å². The topological polar surface area (TPSA) is 65.0 Å². The van der Waals surface area contributed by atoms with E-state index in [-0.39, 0.29) is 24.5 Å². The smallest absolute Gasteiger partial charge is 0.410 e. The highest BCUT2D eigenvalue weighted by Crippen LogP contribution is 2.46. The van der Waals surface area contributed by atoms with Crippen LogP contribution in [-0.4, -0.2) is 91.3 Å². The van der Waals surface area contributed by atoms with Crippen LogP contribution in [0.2, 0.25) is 5.02 Å². The number of aromatic nitrogens is 2. The number of benzene rings is 2. The quantitative estimate of drug-likeness (QED) is 0.313. The summed E-state index contributed by atoms with van der Waals surface area (Å²) < 4.78 is 48.9. The first-order valence-corrected chi connectivity index (χ1v) is 15.2. The van der Waals surface area contributed by atoms with Gasteiger partial charge in [-0.05, 0) is 57.0 Å². The second-order valence-corrected chi connectivity index (χ2v) is 12.7. The van der Waals surface area contributed by atoms with E-state index in [0.717, 1.165) is 52.4 Å². The number of hydrogen-bond donors (Lipinski definition) is 0. The molecule has 0 radical (unpaired) electrons. The molecule has 1 aliphatic carbocycles. The third kappa shape index (κ3) is 6.04. The number of alkyl halides is 3. The summed E-state index contributed by atoms with van der Waals surface area (Å²) in [6.45, 7) is 5.39. The zero-order chi connectivity index (χ0) is 31.2. The highest BCUT2D eigenvalue weighted by Gasteiger charge is 2.49. The summed E-state index contributed by atoms with van der Waals surface area (Å²) in [5.74, 6) is -0.293. The van der Waals surface area contributed by atoms with E-state index in [1.807, 2.05) is 50.5 Å². The summed E-state index contributed by atoms with van der Waals surface area (Å²) in [5.41, 5.74) is 2.51. The van der Waals surface area contributed by atoms with Crippen molar-refractivity contribution >= 4 is 39.8 Å². The van der Waals surface area contributed by atoms with Crippen LogP contribution in [-0.2, 0) is 17.8 Å². The molecule has 234 valence electrons. The molecule has 44 heavy (non-hydrogen) atoms. The van der Waals surface area contributed by atoms with Crippen LogP contribution in [0.5, 0.6) is 6.01 Å². The number of carbonyl (C=O) groups is 1. The summed E-state index contributed by atoms with van der Waals surface area (Å²) in [6, 6.07) is 10.0. The predicted octanol–water partition coefficient (Wildman–Crippen LogP) is 5.33. The average molecular weight is 629 g/mol. The molecule has 1 atom stereocenters. The summed E-state index contributed by atoms with van der Waals surface area (Å²) >= 11 is 6.65. The molecule has 3 aromatic rings. The van der Waals surface area contributed by atoms with Gasteiger partial charge in [0.1, 0.15) is 11.9 Å². The Kier molecular flexibility index (Phi) is 8.13. The van der Waals surface area contributed by atoms with Crippen LogP contribution in [0.4, 0.5) is 24.7 Å². The van der Waals surface area contributed by atoms with Crippen molar-refractivity contribution in [3.05, 3.63) is 65.3 Å². The number of halogens is 4. The van der Waals surface area contributed by atoms with Crippen LogP contribution in [0.1, 0.15) is 24.1 Å². The van der Waals surface area contributed by atoms with Crippen LogP contribution in [0.3, 0.4) is 0 Å². The van der Waals surface area contributed by atoms with Gasteiger partial charge in [-0.25, -0.2) is 0 Å². The van der Waals surface area contributed by atoms with Crippen LogP contribution < -0.4 is 14.5 Å². The molecule has 0 N–H and O–H groups in total. The van der Waals surface area contributed by atoms with Crippen molar-refractivity contribution in [3.8, 4) is 6.01 Å². The molecule has 8 nitrogen and oxygen atoms in total. The molecular weight excluding hydrogens is 593 g/mol. The maximum atomic E-state index is 14.2. The number of amides is 1. The minimum absolute atomic E-state index is 0.0206. The average Bonchev–Trinajstić information content (AvgIpc) is 3.76. The van der Waals surface area contributed by atoms with Gasteiger partial charge in [0.05, 0.1) is 23.9 Å². The molecule has 12 heteroatoms. The van der Waals surface area contributed by atoms with E-state index >= 15 is 0 Å². The molecule has 3 heterocycles. The fourth-order valence-electron chi connectivity index (χ4n) is 6.51. The molecule has 0 spiro atoms. The van der Waals surface area contributed by atoms with E-state index in [4.69, 9.17) is 26.3 Å². The molecular formula is C32H36ClF3N6O2. The number of nitrogens with zero attached hydrogens (tertiary/aromatic N) is 6. The minimum Gasteiger partial charge on any atom is -0.463 e. The first-order chi connectivity index (χ1) is 21.0. The van der Waals surface area contributed by atoms with E-state index in [0.29, 0.717) is 42.7 Å². The molecule has 2 aliphatic heterocycles. The lowest BCUT2D eigenvalue weighted by molar-refractivity contribution is -0.188. The Hall–Kier alpha value is -3.57. The van der Waals surface area contributed by atoms with E-state index in [2.05, 4.69) is 16.4 Å². The summed E-state index contributed by atoms with van der Waals surface area (Å²) in [5, 5.41) is 2.62. The van der Waals surface area contributed by atoms with Gasteiger partial charge >= 0.3 is 12.2 Å². The molecule has 1 saturated carbocycles. The maximum absolute atomic E-state index is 14.2. The summed E-state index contributed by atoms with van der Waals surface area (Å²) in [7, 11) is 4.05. The highest BCUT2D eigenvalue weighted by atomic mass is 35.5. The number of hydrogen-bond acceptors (Lipinski definition) is 7. The van der Waals surface area contributed by atoms with Gasteiger partial charge in [0.25, 0.3) is 0 Å². The third-order valence-corrected chi connectivity index (χ3v) is 9.14. The van der Waals surface area contributed by atoms with Gasteiger partial charge in [-0.1, -0.05) is 42.4 Å². The zero-order valence-electron chi connectivity index (χ0n) is 24.9. The minimum atomic E-state index is -4.61. The van der Waals surface area contributed by atoms with Crippen LogP contribution in [0.25, 0.3) is 10.8 Å². The Bertz CT molecular complexity index is 1570. The summed E-state index contributed by atoms with van der Waals surface area (Å²) in [6.07, 6.45) is -1.09. The lowest BCUT2D eigenvalue weighted by atomic mass is 10.0. The lowest BCUT2D eigenvalue weighted by Crippen LogP contribution is -2.60. The van der Waals surface area contributed by atoms with Crippen molar-refractivity contribution in [1.82, 2.24) is 19.8 Å². The molecule has 2 aromatic carbocycles. The molecule has 0 bridgehead atoms. The van der Waals surface area contributed by atoms with Crippen molar-refractivity contribution in [2.75, 3.05) is 63.2 Å². The normalized spacial score (nSPS) is 19.7. The van der Waals surface area contributed by atoms with Gasteiger partial charge < -0.3 is 24.3 Å². The summed E-state index contributed by atoms with van der Waals surface area (Å²) in [4.78, 5) is 28.7. The Morgan fingerprint density at radius 1 is 1.14 bits per heavy atom. The van der Waals surface area contributed by atoms with Crippen molar-refractivity contribution < 1.29 is 22.7 Å². The number of piperazine rings is 1. The van der Waals surface area contributed by atoms with Gasteiger partial charge in [-0.2, -0.15) is 23.1 Å². The molecule has 2 fully saturated rings. The molecule has 1 aromatic heterocycles. The predicted molar refractivity (Wildman–Crippen MR) is 165 cm³/mol. The molecule has 1 unspecified atom stereocenters. The van der Waals surface area contributed by atoms with E-state index in [1.54, 1.807) is 4.90 Å². The molecule has 3 aliphatic rings. The second kappa shape index (κ2) is 11.7. The van der Waals surface area contributed by atoms with Crippen LogP contribution in [0.15, 0.2) is 49.1 Å². The van der Waals surface area contributed by atoms with Gasteiger partial charge in [-0.15, -0.1) is 0 Å². The van der Waals surface area contributed by atoms with Gasteiger partial charge in [0, 0.05) is 54.8 Å². The van der Waals surface area contributed by atoms with Crippen molar-refractivity contribution in [3.63, 3.8) is 0 Å². The Morgan fingerprint density at radius 2 is 1.89 bits per heavy atom. The van der Waals surface area contributed by atoms with Crippen molar-refractivity contribution in [2.45, 2.75) is 38.0 Å². The SMILES string of the molecule is C=CC(=O)N1CCN(c2nc(OCC3(CN(C)C)CC3)nc3c2CCN(c2cccc4cccc(Cl)c24)C3)CC1C(F)(F)F.